The Hall–Kier alpha value is -4.51. The largest absolute Gasteiger partial charge is 0.481 e. The normalized spacial score (nSPS) is 14.5. The standard InChI is InChI=1S/C28H17ClF5N3O3/c1-40-23-4-2-3-21(35-23)13-9-19-24(25(37-27(19)39)18-12-16(30)5-6-20(18)29)22(10-13)36-26(38)14-7-15(28(32,33)34)11-17(31)8-14/h2-12,25H,1H3,(H,36,38)(H,37,39)/t25-/m0/s1. The molecule has 1 atom stereocenters. The minimum atomic E-state index is -4.90. The van der Waals surface area contributed by atoms with Crippen molar-refractivity contribution in [3.05, 3.63) is 111 Å². The molecule has 0 radical (unpaired) electrons. The van der Waals surface area contributed by atoms with Crippen molar-refractivity contribution in [2.75, 3.05) is 12.4 Å². The molecule has 2 amide bonds. The summed E-state index contributed by atoms with van der Waals surface area (Å²) in [5.41, 5.74) is -0.817. The topological polar surface area (TPSA) is 80.3 Å². The number of amides is 2. The first-order valence-corrected chi connectivity index (χ1v) is 12.0. The van der Waals surface area contributed by atoms with Gasteiger partial charge in [0.2, 0.25) is 5.88 Å². The van der Waals surface area contributed by atoms with E-state index in [1.165, 1.54) is 25.3 Å². The third kappa shape index (κ3) is 5.20. The van der Waals surface area contributed by atoms with Gasteiger partial charge in [-0.1, -0.05) is 17.7 Å². The van der Waals surface area contributed by atoms with Crippen molar-refractivity contribution in [3.8, 4) is 17.1 Å². The van der Waals surface area contributed by atoms with Gasteiger partial charge < -0.3 is 15.4 Å². The molecule has 4 aromatic rings. The number of ether oxygens (including phenoxy) is 1. The molecule has 0 unspecified atom stereocenters. The highest BCUT2D eigenvalue weighted by atomic mass is 35.5. The van der Waals surface area contributed by atoms with Crippen LogP contribution < -0.4 is 15.4 Å². The van der Waals surface area contributed by atoms with Crippen molar-refractivity contribution in [3.63, 3.8) is 0 Å². The van der Waals surface area contributed by atoms with E-state index < -0.39 is 46.8 Å². The van der Waals surface area contributed by atoms with Gasteiger partial charge in [0, 0.05) is 44.6 Å². The molecule has 6 nitrogen and oxygen atoms in total. The lowest BCUT2D eigenvalue weighted by atomic mass is 9.93. The molecular weight excluding hydrogens is 557 g/mol. The van der Waals surface area contributed by atoms with Crippen LogP contribution in [-0.4, -0.2) is 23.9 Å². The summed E-state index contributed by atoms with van der Waals surface area (Å²) in [4.78, 5) is 30.6. The van der Waals surface area contributed by atoms with Crippen molar-refractivity contribution < 1.29 is 36.3 Å². The molecule has 12 heteroatoms. The number of nitrogens with one attached hydrogen (secondary N) is 2. The summed E-state index contributed by atoms with van der Waals surface area (Å²) in [5.74, 6) is -3.29. The monoisotopic (exact) mass is 573 g/mol. The summed E-state index contributed by atoms with van der Waals surface area (Å²) in [6.07, 6.45) is -4.90. The van der Waals surface area contributed by atoms with Gasteiger partial charge in [-0.2, -0.15) is 13.2 Å². The summed E-state index contributed by atoms with van der Waals surface area (Å²) < 4.78 is 73.2. The Bertz CT molecular complexity index is 1680. The number of carbonyl (C=O) groups is 2. The molecule has 1 aromatic heterocycles. The molecule has 0 saturated heterocycles. The van der Waals surface area contributed by atoms with Crippen LogP contribution in [0.5, 0.6) is 5.88 Å². The van der Waals surface area contributed by atoms with E-state index >= 15 is 0 Å². The lowest BCUT2D eigenvalue weighted by Gasteiger charge is -2.19. The first-order valence-electron chi connectivity index (χ1n) is 11.6. The second kappa shape index (κ2) is 10.2. The zero-order valence-corrected chi connectivity index (χ0v) is 21.1. The number of hydrogen-bond acceptors (Lipinski definition) is 4. The van der Waals surface area contributed by atoms with Crippen molar-refractivity contribution in [2.24, 2.45) is 0 Å². The van der Waals surface area contributed by atoms with E-state index in [1.54, 1.807) is 18.2 Å². The van der Waals surface area contributed by atoms with E-state index in [-0.39, 0.29) is 39.3 Å². The Labute approximate surface area is 228 Å². The lowest BCUT2D eigenvalue weighted by molar-refractivity contribution is -0.137. The third-order valence-electron chi connectivity index (χ3n) is 6.22. The van der Waals surface area contributed by atoms with Gasteiger partial charge in [-0.05, 0) is 54.6 Å². The van der Waals surface area contributed by atoms with E-state index in [1.807, 2.05) is 0 Å². The van der Waals surface area contributed by atoms with Gasteiger partial charge in [-0.15, -0.1) is 0 Å². The van der Waals surface area contributed by atoms with E-state index in [0.29, 0.717) is 23.4 Å². The molecule has 40 heavy (non-hydrogen) atoms. The van der Waals surface area contributed by atoms with Gasteiger partial charge >= 0.3 is 6.18 Å². The van der Waals surface area contributed by atoms with Crippen LogP contribution in [0.1, 0.15) is 43.4 Å². The SMILES string of the molecule is COc1cccc(-c2cc(NC(=O)c3cc(F)cc(C(F)(F)F)c3)c3c(c2)C(=O)N[C@H]3c2cc(F)ccc2Cl)n1. The van der Waals surface area contributed by atoms with E-state index in [4.69, 9.17) is 16.3 Å². The van der Waals surface area contributed by atoms with Crippen molar-refractivity contribution >= 4 is 29.1 Å². The quantitative estimate of drug-likeness (QED) is 0.258. The highest BCUT2D eigenvalue weighted by Crippen LogP contribution is 2.42. The van der Waals surface area contributed by atoms with Crippen molar-refractivity contribution in [1.29, 1.82) is 0 Å². The van der Waals surface area contributed by atoms with Crippen LogP contribution in [0.3, 0.4) is 0 Å². The Morgan fingerprint density at radius 1 is 1.02 bits per heavy atom. The van der Waals surface area contributed by atoms with Crippen LogP contribution >= 0.6 is 11.6 Å². The minimum Gasteiger partial charge on any atom is -0.481 e. The molecule has 1 aliphatic rings. The molecule has 2 heterocycles. The molecule has 3 aromatic carbocycles. The predicted octanol–water partition coefficient (Wildman–Crippen LogP) is 6.79. The van der Waals surface area contributed by atoms with Crippen molar-refractivity contribution in [1.82, 2.24) is 10.3 Å². The molecule has 204 valence electrons. The summed E-state index contributed by atoms with van der Waals surface area (Å²) in [6, 6.07) is 11.8. The fraction of sp³-hybridized carbons (Fsp3) is 0.107. The Balaban J connectivity index is 1.67. The van der Waals surface area contributed by atoms with Gasteiger partial charge in [0.05, 0.1) is 24.4 Å². The number of rotatable bonds is 5. The van der Waals surface area contributed by atoms with Gasteiger partial charge in [0.15, 0.2) is 0 Å². The second-order valence-electron chi connectivity index (χ2n) is 8.80. The molecule has 0 aliphatic carbocycles. The number of methoxy groups -OCH3 is 1. The number of hydrogen-bond donors (Lipinski definition) is 2. The van der Waals surface area contributed by atoms with E-state index in [2.05, 4.69) is 15.6 Å². The van der Waals surface area contributed by atoms with Gasteiger partial charge in [-0.25, -0.2) is 13.8 Å². The zero-order valence-electron chi connectivity index (χ0n) is 20.4. The Morgan fingerprint density at radius 3 is 2.52 bits per heavy atom. The molecule has 0 spiro atoms. The number of fused-ring (bicyclic) bond motifs is 1. The fourth-order valence-corrected chi connectivity index (χ4v) is 4.65. The number of nitrogens with zero attached hydrogens (tertiary/aromatic N) is 1. The smallest absolute Gasteiger partial charge is 0.416 e. The number of carbonyl (C=O) groups excluding carboxylic acids is 2. The van der Waals surface area contributed by atoms with Crippen LogP contribution in [0.25, 0.3) is 11.3 Å². The predicted molar refractivity (Wildman–Crippen MR) is 136 cm³/mol. The Kier molecular flexibility index (Phi) is 6.92. The van der Waals surface area contributed by atoms with Gasteiger partial charge in [0.25, 0.3) is 11.8 Å². The van der Waals surface area contributed by atoms with Gasteiger partial charge in [0.1, 0.15) is 11.6 Å². The first-order chi connectivity index (χ1) is 18.9. The molecular formula is C28H17ClF5N3O3. The molecule has 0 fully saturated rings. The second-order valence-corrected chi connectivity index (χ2v) is 9.21. The van der Waals surface area contributed by atoms with E-state index in [9.17, 15) is 31.5 Å². The molecule has 0 saturated carbocycles. The highest BCUT2D eigenvalue weighted by Gasteiger charge is 2.36. The zero-order chi connectivity index (χ0) is 28.8. The van der Waals surface area contributed by atoms with E-state index in [0.717, 1.165) is 12.1 Å². The van der Waals surface area contributed by atoms with Crippen LogP contribution in [-0.2, 0) is 6.18 Å². The lowest BCUT2D eigenvalue weighted by Crippen LogP contribution is -2.21. The van der Waals surface area contributed by atoms with Crippen LogP contribution in [0.2, 0.25) is 5.02 Å². The molecule has 0 bridgehead atoms. The number of halogens is 6. The van der Waals surface area contributed by atoms with Crippen molar-refractivity contribution in [2.45, 2.75) is 12.2 Å². The number of pyridine rings is 1. The van der Waals surface area contributed by atoms with Crippen LogP contribution in [0.4, 0.5) is 27.6 Å². The van der Waals surface area contributed by atoms with Gasteiger partial charge in [-0.3, -0.25) is 9.59 Å². The summed E-state index contributed by atoms with van der Waals surface area (Å²) in [6.45, 7) is 0. The maximum absolute atomic E-state index is 14.1. The first kappa shape index (κ1) is 27.1. The Morgan fingerprint density at radius 2 is 1.80 bits per heavy atom. The number of alkyl halides is 3. The highest BCUT2D eigenvalue weighted by molar-refractivity contribution is 6.31. The average Bonchev–Trinajstić information content (AvgIpc) is 3.25. The number of anilines is 1. The molecule has 5 rings (SSSR count). The van der Waals surface area contributed by atoms with Crippen LogP contribution in [0, 0.1) is 11.6 Å². The number of benzene rings is 3. The summed E-state index contributed by atoms with van der Waals surface area (Å²) in [5, 5.41) is 5.32. The summed E-state index contributed by atoms with van der Waals surface area (Å²) >= 11 is 6.31. The number of aromatic nitrogens is 1. The summed E-state index contributed by atoms with van der Waals surface area (Å²) in [7, 11) is 1.41. The fourth-order valence-electron chi connectivity index (χ4n) is 4.42. The minimum absolute atomic E-state index is 0.0105. The maximum Gasteiger partial charge on any atom is 0.416 e. The average molecular weight is 574 g/mol. The van der Waals surface area contributed by atoms with Crippen LogP contribution in [0.15, 0.2) is 66.7 Å². The maximum atomic E-state index is 14.1. The molecule has 2 N–H and O–H groups in total. The molecule has 1 aliphatic heterocycles. The third-order valence-corrected chi connectivity index (χ3v) is 6.57.